The molecule has 0 saturated carbocycles. The Morgan fingerprint density at radius 3 is 2.07 bits per heavy atom. The summed E-state index contributed by atoms with van der Waals surface area (Å²) in [7, 11) is 0. The third kappa shape index (κ3) is 3.47. The molecule has 1 aliphatic carbocycles. The van der Waals surface area contributed by atoms with E-state index in [2.05, 4.69) is 15.9 Å². The van der Waals surface area contributed by atoms with Crippen LogP contribution in [0.4, 0.5) is 11.4 Å². The van der Waals surface area contributed by atoms with Crippen LogP contribution in [0.5, 0.6) is 0 Å². The molecule has 0 unspecified atom stereocenters. The second-order valence-corrected chi connectivity index (χ2v) is 11.4. The number of hydrogen-bond acceptors (Lipinski definition) is 6. The lowest BCUT2D eigenvalue weighted by Crippen LogP contribution is -2.48. The maximum Gasteiger partial charge on any atom is 0.269 e. The Balaban J connectivity index is 1.52. The van der Waals surface area contributed by atoms with Crippen molar-refractivity contribution in [3.05, 3.63) is 146 Å². The quantitative estimate of drug-likeness (QED) is 0.112. The molecule has 0 amide bonds. The first-order chi connectivity index (χ1) is 19.8. The minimum atomic E-state index is -1.59. The molecule has 7 nitrogen and oxygen atoms in total. The van der Waals surface area contributed by atoms with Crippen LogP contribution in [0.3, 0.4) is 0 Å². The van der Waals surface area contributed by atoms with Gasteiger partial charge in [0.15, 0.2) is 17.3 Å². The molecule has 0 radical (unpaired) electrons. The number of benzene rings is 4. The first kappa shape index (κ1) is 25.3. The number of nitrogens with zero attached hydrogens (tertiary/aromatic N) is 2. The minimum absolute atomic E-state index is 0.130. The number of hydrogen-bond donors (Lipinski definition) is 0. The number of anilines is 1. The van der Waals surface area contributed by atoms with Crippen LogP contribution in [-0.2, 0) is 0 Å². The molecule has 7 rings (SSSR count). The maximum absolute atomic E-state index is 14.6. The van der Waals surface area contributed by atoms with E-state index in [-0.39, 0.29) is 28.6 Å². The average molecular weight is 605 g/mol. The van der Waals surface area contributed by atoms with E-state index in [9.17, 15) is 24.5 Å². The van der Waals surface area contributed by atoms with Gasteiger partial charge in [0.25, 0.3) is 5.69 Å². The summed E-state index contributed by atoms with van der Waals surface area (Å²) >= 11 is 3.48. The Labute approximate surface area is 243 Å². The van der Waals surface area contributed by atoms with Gasteiger partial charge >= 0.3 is 0 Å². The summed E-state index contributed by atoms with van der Waals surface area (Å²) in [4.78, 5) is 56.5. The number of ketones is 3. The van der Waals surface area contributed by atoms with Crippen LogP contribution in [-0.4, -0.2) is 34.4 Å². The molecule has 0 N–H and O–H groups in total. The fraction of sp³-hybridized carbons (Fsp3) is 0.121. The molecule has 0 bridgehead atoms. The lowest BCUT2D eigenvalue weighted by atomic mass is 9.64. The highest BCUT2D eigenvalue weighted by atomic mass is 79.9. The SMILES string of the molecule is O=C(c1ccc([N+](=O)[O-])cc1)[C@@H]1[C@H](c2ccc(Br)cc2)C2(C(=O)c3ccccc3C2=O)[C@H]2C=Cc3ccccc3N12. The molecular formula is C33H21BrN2O5. The zero-order chi connectivity index (χ0) is 28.5. The summed E-state index contributed by atoms with van der Waals surface area (Å²) < 4.78 is 0.821. The summed E-state index contributed by atoms with van der Waals surface area (Å²) in [6.45, 7) is 0. The Bertz CT molecular complexity index is 1780. The number of nitro benzene ring substituents is 1. The molecule has 8 heteroatoms. The molecule has 4 aromatic carbocycles. The van der Waals surface area contributed by atoms with Crippen molar-refractivity contribution in [1.82, 2.24) is 0 Å². The van der Waals surface area contributed by atoms with Crippen LogP contribution in [0.2, 0.25) is 0 Å². The van der Waals surface area contributed by atoms with E-state index in [1.54, 1.807) is 24.3 Å². The van der Waals surface area contributed by atoms with Gasteiger partial charge in [-0.1, -0.05) is 82.7 Å². The normalized spacial score (nSPS) is 21.5. The number of fused-ring (bicyclic) bond motifs is 5. The first-order valence-electron chi connectivity index (χ1n) is 13.1. The highest BCUT2D eigenvalue weighted by Crippen LogP contribution is 2.61. The van der Waals surface area contributed by atoms with Gasteiger partial charge in [0.05, 0.1) is 11.0 Å². The zero-order valence-electron chi connectivity index (χ0n) is 21.4. The fourth-order valence-corrected chi connectivity index (χ4v) is 7.14. The van der Waals surface area contributed by atoms with E-state index in [1.165, 1.54) is 24.3 Å². The number of non-ortho nitro benzene ring substituents is 1. The van der Waals surface area contributed by atoms with Gasteiger partial charge in [-0.15, -0.1) is 0 Å². The van der Waals surface area contributed by atoms with E-state index in [4.69, 9.17) is 0 Å². The summed E-state index contributed by atoms with van der Waals surface area (Å²) in [5.74, 6) is -1.77. The van der Waals surface area contributed by atoms with Gasteiger partial charge in [0.2, 0.25) is 0 Å². The Morgan fingerprint density at radius 1 is 0.829 bits per heavy atom. The predicted molar refractivity (Wildman–Crippen MR) is 157 cm³/mol. The average Bonchev–Trinajstić information content (AvgIpc) is 3.43. The lowest BCUT2D eigenvalue weighted by molar-refractivity contribution is -0.384. The van der Waals surface area contributed by atoms with Gasteiger partial charge in [-0.3, -0.25) is 24.5 Å². The molecule has 200 valence electrons. The number of rotatable bonds is 4. The predicted octanol–water partition coefficient (Wildman–Crippen LogP) is 6.67. The van der Waals surface area contributed by atoms with Crippen LogP contribution in [0.15, 0.2) is 108 Å². The Morgan fingerprint density at radius 2 is 1.44 bits per heavy atom. The van der Waals surface area contributed by atoms with Crippen molar-refractivity contribution in [2.75, 3.05) is 4.90 Å². The van der Waals surface area contributed by atoms with Gasteiger partial charge in [0.1, 0.15) is 11.5 Å². The number of carbonyl (C=O) groups is 3. The van der Waals surface area contributed by atoms with Crippen molar-refractivity contribution >= 4 is 50.7 Å². The molecule has 2 heterocycles. The lowest BCUT2D eigenvalue weighted by Gasteiger charge is -2.37. The standard InChI is InChI=1S/C33H21BrN2O5/c34-22-14-9-20(10-15-22)28-29(30(37)21-11-16-23(17-12-21)36(40)41)35-26-8-4-1-5-19(26)13-18-27(35)33(28)31(38)24-6-2-3-7-25(24)32(33)39/h1-18,27-29H/t27-,28+,29+/m1/s1. The van der Waals surface area contributed by atoms with E-state index >= 15 is 0 Å². The number of nitro groups is 1. The Hall–Kier alpha value is -4.69. The second kappa shape index (κ2) is 9.17. The van der Waals surface area contributed by atoms with E-state index in [1.807, 2.05) is 65.6 Å². The third-order valence-electron chi connectivity index (χ3n) is 8.57. The van der Waals surface area contributed by atoms with Crippen LogP contribution in [0.25, 0.3) is 6.08 Å². The van der Waals surface area contributed by atoms with Gasteiger partial charge < -0.3 is 4.90 Å². The van der Waals surface area contributed by atoms with Crippen molar-refractivity contribution in [1.29, 1.82) is 0 Å². The number of para-hydroxylation sites is 1. The molecule has 41 heavy (non-hydrogen) atoms. The summed E-state index contributed by atoms with van der Waals surface area (Å²) in [5, 5.41) is 11.3. The molecule has 3 atom stereocenters. The minimum Gasteiger partial charge on any atom is -0.352 e. The van der Waals surface area contributed by atoms with Gasteiger partial charge in [-0.05, 0) is 41.5 Å². The van der Waals surface area contributed by atoms with Gasteiger partial charge in [-0.2, -0.15) is 0 Å². The number of Topliss-reactive ketones (excluding diaryl/α,β-unsaturated/α-hetero) is 3. The van der Waals surface area contributed by atoms with Gasteiger partial charge in [0, 0.05) is 44.9 Å². The van der Waals surface area contributed by atoms with Crippen molar-refractivity contribution < 1.29 is 19.3 Å². The van der Waals surface area contributed by atoms with Crippen LogP contribution < -0.4 is 4.90 Å². The highest BCUT2D eigenvalue weighted by Gasteiger charge is 2.71. The van der Waals surface area contributed by atoms with Crippen LogP contribution in [0.1, 0.15) is 48.1 Å². The van der Waals surface area contributed by atoms with Crippen LogP contribution in [0, 0.1) is 15.5 Å². The zero-order valence-corrected chi connectivity index (χ0v) is 23.0. The summed E-state index contributed by atoms with van der Waals surface area (Å²) in [6.07, 6.45) is 3.79. The first-order valence-corrected chi connectivity index (χ1v) is 13.9. The highest BCUT2D eigenvalue weighted by molar-refractivity contribution is 9.10. The Kier molecular flexibility index (Phi) is 5.66. The van der Waals surface area contributed by atoms with Crippen LogP contribution >= 0.6 is 15.9 Å². The number of halogens is 1. The molecule has 1 fully saturated rings. The smallest absolute Gasteiger partial charge is 0.269 e. The fourth-order valence-electron chi connectivity index (χ4n) is 6.88. The van der Waals surface area contributed by atoms with Crippen molar-refractivity contribution in [2.24, 2.45) is 5.41 Å². The molecule has 2 aliphatic heterocycles. The molecule has 3 aliphatic rings. The molecule has 0 aromatic heterocycles. The van der Waals surface area contributed by atoms with E-state index in [0.717, 1.165) is 15.7 Å². The monoisotopic (exact) mass is 604 g/mol. The van der Waals surface area contributed by atoms with E-state index in [0.29, 0.717) is 16.7 Å². The van der Waals surface area contributed by atoms with Gasteiger partial charge in [-0.25, -0.2) is 0 Å². The van der Waals surface area contributed by atoms with Crippen molar-refractivity contribution in [3.63, 3.8) is 0 Å². The molecule has 1 spiro atoms. The van der Waals surface area contributed by atoms with E-state index < -0.39 is 28.3 Å². The van der Waals surface area contributed by atoms with Crippen molar-refractivity contribution in [3.8, 4) is 0 Å². The largest absolute Gasteiger partial charge is 0.352 e. The summed E-state index contributed by atoms with van der Waals surface area (Å²) in [6, 6.07) is 25.6. The second-order valence-electron chi connectivity index (χ2n) is 10.5. The third-order valence-corrected chi connectivity index (χ3v) is 9.10. The molecule has 1 saturated heterocycles. The molecule has 4 aromatic rings. The summed E-state index contributed by atoms with van der Waals surface area (Å²) in [5.41, 5.74) is 1.55. The molecular weight excluding hydrogens is 584 g/mol. The van der Waals surface area contributed by atoms with Crippen molar-refractivity contribution in [2.45, 2.75) is 18.0 Å². The number of carbonyl (C=O) groups excluding carboxylic acids is 3. The topological polar surface area (TPSA) is 97.6 Å². The maximum atomic E-state index is 14.6.